The average molecular weight is 291 g/mol. The summed E-state index contributed by atoms with van der Waals surface area (Å²) in [6, 6.07) is 8.97. The van der Waals surface area contributed by atoms with Crippen LogP contribution >= 0.6 is 12.2 Å². The number of nitrogens with two attached hydrogens (primary N) is 1. The van der Waals surface area contributed by atoms with Gasteiger partial charge in [0.1, 0.15) is 4.99 Å². The van der Waals surface area contributed by atoms with Crippen LogP contribution in [0, 0.1) is 0 Å². The second-order valence-electron chi connectivity index (χ2n) is 5.71. The van der Waals surface area contributed by atoms with Gasteiger partial charge in [0, 0.05) is 31.2 Å². The summed E-state index contributed by atoms with van der Waals surface area (Å²) < 4.78 is 0. The summed E-state index contributed by atoms with van der Waals surface area (Å²) in [6.45, 7) is 6.79. The molecule has 1 aliphatic rings. The van der Waals surface area contributed by atoms with Crippen molar-refractivity contribution in [2.45, 2.75) is 32.4 Å². The Morgan fingerprint density at radius 2 is 2.20 bits per heavy atom. The van der Waals surface area contributed by atoms with Crippen molar-refractivity contribution in [2.24, 2.45) is 5.73 Å². The first-order chi connectivity index (χ1) is 9.60. The lowest BCUT2D eigenvalue weighted by Crippen LogP contribution is -2.39. The van der Waals surface area contributed by atoms with Crippen LogP contribution < -0.4 is 5.73 Å². The molecule has 110 valence electrons. The van der Waals surface area contributed by atoms with E-state index in [4.69, 9.17) is 18.0 Å². The van der Waals surface area contributed by atoms with E-state index in [9.17, 15) is 0 Å². The second-order valence-corrected chi connectivity index (χ2v) is 6.15. The van der Waals surface area contributed by atoms with Crippen LogP contribution in [0.2, 0.25) is 0 Å². The third kappa shape index (κ3) is 4.01. The number of hydrogen-bond acceptors (Lipinski definition) is 3. The smallest absolute Gasteiger partial charge is 0.103 e. The maximum atomic E-state index is 5.72. The van der Waals surface area contributed by atoms with Crippen LogP contribution in [0.5, 0.6) is 0 Å². The van der Waals surface area contributed by atoms with Gasteiger partial charge in [-0.25, -0.2) is 0 Å². The van der Waals surface area contributed by atoms with E-state index in [0.29, 0.717) is 11.0 Å². The molecule has 0 radical (unpaired) electrons. The van der Waals surface area contributed by atoms with E-state index in [1.807, 2.05) is 6.07 Å². The third-order valence-corrected chi connectivity index (χ3v) is 4.33. The summed E-state index contributed by atoms with van der Waals surface area (Å²) in [6.07, 6.45) is 2.43. The molecule has 1 aromatic carbocycles. The molecule has 1 unspecified atom stereocenters. The molecule has 2 N–H and O–H groups in total. The lowest BCUT2D eigenvalue weighted by Gasteiger charge is -2.30. The fraction of sp³-hybridized carbons (Fsp3) is 0.562. The summed E-state index contributed by atoms with van der Waals surface area (Å²) in [5, 5.41) is 0. The van der Waals surface area contributed by atoms with Gasteiger partial charge in [0.15, 0.2) is 0 Å². The highest BCUT2D eigenvalue weighted by Crippen LogP contribution is 2.16. The SMILES string of the molecule is CCC1CN(C)CCCN1Cc1cccc(C(N)=S)c1. The Labute approximate surface area is 127 Å². The minimum absolute atomic E-state index is 0.481. The molecule has 1 saturated heterocycles. The maximum absolute atomic E-state index is 5.72. The van der Waals surface area contributed by atoms with Gasteiger partial charge in [0.2, 0.25) is 0 Å². The Morgan fingerprint density at radius 3 is 2.90 bits per heavy atom. The Balaban J connectivity index is 2.10. The fourth-order valence-corrected chi connectivity index (χ4v) is 3.07. The molecule has 0 aliphatic carbocycles. The first-order valence-corrected chi connectivity index (χ1v) is 7.82. The summed E-state index contributed by atoms with van der Waals surface area (Å²) >= 11 is 5.07. The van der Waals surface area contributed by atoms with Gasteiger partial charge in [0.05, 0.1) is 0 Å². The van der Waals surface area contributed by atoms with Crippen molar-refractivity contribution in [2.75, 3.05) is 26.7 Å². The van der Waals surface area contributed by atoms with Gasteiger partial charge in [-0.15, -0.1) is 0 Å². The molecule has 1 aromatic rings. The van der Waals surface area contributed by atoms with E-state index in [2.05, 4.69) is 42.0 Å². The Bertz CT molecular complexity index is 461. The number of rotatable bonds is 4. The molecular formula is C16H25N3S. The van der Waals surface area contributed by atoms with Crippen molar-refractivity contribution < 1.29 is 0 Å². The number of benzene rings is 1. The first-order valence-electron chi connectivity index (χ1n) is 7.41. The first kappa shape index (κ1) is 15.4. The van der Waals surface area contributed by atoms with Crippen molar-refractivity contribution in [1.29, 1.82) is 0 Å². The van der Waals surface area contributed by atoms with Crippen LogP contribution in [0.3, 0.4) is 0 Å². The highest BCUT2D eigenvalue weighted by Gasteiger charge is 2.21. The molecule has 3 nitrogen and oxygen atoms in total. The molecule has 0 saturated carbocycles. The number of nitrogens with zero attached hydrogens (tertiary/aromatic N) is 2. The molecule has 4 heteroatoms. The topological polar surface area (TPSA) is 32.5 Å². The van der Waals surface area contributed by atoms with Crippen LogP contribution in [0.15, 0.2) is 24.3 Å². The quantitative estimate of drug-likeness (QED) is 0.862. The monoisotopic (exact) mass is 291 g/mol. The Kier molecular flexibility index (Phi) is 5.52. The number of likely N-dealkylation sites (N-methyl/N-ethyl adjacent to an activating group) is 1. The lowest BCUT2D eigenvalue weighted by atomic mass is 10.1. The molecule has 0 spiro atoms. The van der Waals surface area contributed by atoms with Crippen molar-refractivity contribution in [1.82, 2.24) is 9.80 Å². The molecule has 1 heterocycles. The predicted octanol–water partition coefficient (Wildman–Crippen LogP) is 2.24. The van der Waals surface area contributed by atoms with Gasteiger partial charge >= 0.3 is 0 Å². The molecule has 0 aromatic heterocycles. The highest BCUT2D eigenvalue weighted by molar-refractivity contribution is 7.80. The lowest BCUT2D eigenvalue weighted by molar-refractivity contribution is 0.176. The van der Waals surface area contributed by atoms with E-state index < -0.39 is 0 Å². The molecule has 1 atom stereocenters. The predicted molar refractivity (Wildman–Crippen MR) is 88.9 cm³/mol. The molecule has 20 heavy (non-hydrogen) atoms. The number of thiocarbonyl (C=S) groups is 1. The molecule has 1 fully saturated rings. The van der Waals surface area contributed by atoms with E-state index in [-0.39, 0.29) is 0 Å². The minimum atomic E-state index is 0.481. The van der Waals surface area contributed by atoms with Crippen molar-refractivity contribution >= 4 is 17.2 Å². The van der Waals surface area contributed by atoms with Crippen LogP contribution in [-0.4, -0.2) is 47.5 Å². The van der Waals surface area contributed by atoms with Gasteiger partial charge in [-0.05, 0) is 38.1 Å². The third-order valence-electron chi connectivity index (χ3n) is 4.09. The van der Waals surface area contributed by atoms with Crippen molar-refractivity contribution in [3.8, 4) is 0 Å². The summed E-state index contributed by atoms with van der Waals surface area (Å²) in [5.74, 6) is 0. The van der Waals surface area contributed by atoms with Gasteiger partial charge in [-0.3, -0.25) is 4.90 Å². The second kappa shape index (κ2) is 7.16. The van der Waals surface area contributed by atoms with Crippen LogP contribution in [0.4, 0.5) is 0 Å². The van der Waals surface area contributed by atoms with Gasteiger partial charge in [-0.2, -0.15) is 0 Å². The minimum Gasteiger partial charge on any atom is -0.389 e. The van der Waals surface area contributed by atoms with E-state index in [1.165, 1.54) is 31.5 Å². The summed E-state index contributed by atoms with van der Waals surface area (Å²) in [5.41, 5.74) is 8.00. The maximum Gasteiger partial charge on any atom is 0.103 e. The molecule has 1 aliphatic heterocycles. The van der Waals surface area contributed by atoms with E-state index >= 15 is 0 Å². The van der Waals surface area contributed by atoms with Crippen molar-refractivity contribution in [3.63, 3.8) is 0 Å². The zero-order valence-corrected chi connectivity index (χ0v) is 13.3. The fourth-order valence-electron chi connectivity index (χ4n) is 2.95. The Morgan fingerprint density at radius 1 is 1.40 bits per heavy atom. The van der Waals surface area contributed by atoms with Crippen LogP contribution in [0.1, 0.15) is 30.9 Å². The van der Waals surface area contributed by atoms with Gasteiger partial charge < -0.3 is 10.6 Å². The largest absolute Gasteiger partial charge is 0.389 e. The van der Waals surface area contributed by atoms with E-state index in [0.717, 1.165) is 18.7 Å². The summed E-state index contributed by atoms with van der Waals surface area (Å²) in [4.78, 5) is 5.52. The average Bonchev–Trinajstić information content (AvgIpc) is 2.61. The van der Waals surface area contributed by atoms with Crippen LogP contribution in [-0.2, 0) is 6.54 Å². The normalized spacial score (nSPS) is 21.6. The van der Waals surface area contributed by atoms with Crippen molar-refractivity contribution in [3.05, 3.63) is 35.4 Å². The van der Waals surface area contributed by atoms with Gasteiger partial charge in [0.25, 0.3) is 0 Å². The number of hydrogen-bond donors (Lipinski definition) is 1. The standard InChI is InChI=1S/C16H25N3S/c1-3-15-12-18(2)8-5-9-19(15)11-13-6-4-7-14(10-13)16(17)20/h4,6-7,10,15H,3,5,8-9,11-12H2,1-2H3,(H2,17,20). The zero-order chi connectivity index (χ0) is 14.5. The molecule has 2 rings (SSSR count). The molecule has 0 amide bonds. The highest BCUT2D eigenvalue weighted by atomic mass is 32.1. The van der Waals surface area contributed by atoms with Crippen LogP contribution in [0.25, 0.3) is 0 Å². The summed E-state index contributed by atoms with van der Waals surface area (Å²) in [7, 11) is 2.22. The molecule has 0 bridgehead atoms. The van der Waals surface area contributed by atoms with Gasteiger partial charge in [-0.1, -0.05) is 37.3 Å². The Hall–Kier alpha value is -0.970. The molecular weight excluding hydrogens is 266 g/mol. The zero-order valence-electron chi connectivity index (χ0n) is 12.5. The van der Waals surface area contributed by atoms with E-state index in [1.54, 1.807) is 0 Å².